The molecule has 0 aliphatic heterocycles. The number of nitrogens with one attached hydrogen (secondary N) is 2. The average molecular weight is 341 g/mol. The molecule has 0 saturated carbocycles. The fraction of sp³-hybridized carbons (Fsp3) is 0.438. The molecule has 0 aromatic heterocycles. The van der Waals surface area contributed by atoms with Crippen molar-refractivity contribution in [2.75, 3.05) is 13.2 Å². The lowest BCUT2D eigenvalue weighted by atomic mass is 10.2. The fourth-order valence-corrected chi connectivity index (χ4v) is 1.74. The third-order valence-corrected chi connectivity index (χ3v) is 3.36. The summed E-state index contributed by atoms with van der Waals surface area (Å²) in [7, 11) is 0. The highest BCUT2D eigenvalue weighted by molar-refractivity contribution is 6.30. The Labute approximate surface area is 140 Å². The van der Waals surface area contributed by atoms with Crippen LogP contribution < -0.4 is 10.6 Å². The van der Waals surface area contributed by atoms with Crippen molar-refractivity contribution in [2.45, 2.75) is 32.7 Å². The zero-order valence-electron chi connectivity index (χ0n) is 13.2. The highest BCUT2D eigenvalue weighted by Gasteiger charge is 2.10. The average Bonchev–Trinajstić information content (AvgIpc) is 2.53. The fourth-order valence-electron chi connectivity index (χ4n) is 1.62. The van der Waals surface area contributed by atoms with Crippen molar-refractivity contribution in [3.8, 4) is 0 Å². The molecular weight excluding hydrogens is 320 g/mol. The summed E-state index contributed by atoms with van der Waals surface area (Å²) in [4.78, 5) is 34.7. The van der Waals surface area contributed by atoms with Crippen LogP contribution in [0.1, 0.15) is 37.0 Å². The number of hydrogen-bond acceptors (Lipinski definition) is 4. The Kier molecular flexibility index (Phi) is 8.11. The van der Waals surface area contributed by atoms with Crippen LogP contribution in [-0.2, 0) is 14.3 Å². The first kappa shape index (κ1) is 19.0. The number of hydrogen-bond donors (Lipinski definition) is 2. The Morgan fingerprint density at radius 2 is 1.87 bits per heavy atom. The Hall–Kier alpha value is -2.08. The minimum absolute atomic E-state index is 0.00403. The van der Waals surface area contributed by atoms with Gasteiger partial charge in [-0.2, -0.15) is 0 Å². The van der Waals surface area contributed by atoms with Crippen LogP contribution in [0.25, 0.3) is 0 Å². The number of benzene rings is 1. The van der Waals surface area contributed by atoms with Crippen LogP contribution in [0.15, 0.2) is 24.3 Å². The second-order valence-electron chi connectivity index (χ2n) is 5.05. The molecule has 0 spiro atoms. The monoisotopic (exact) mass is 340 g/mol. The first-order valence-electron chi connectivity index (χ1n) is 7.41. The Bertz CT molecular complexity index is 546. The van der Waals surface area contributed by atoms with E-state index in [1.807, 2.05) is 13.8 Å². The second kappa shape index (κ2) is 9.84. The molecule has 0 aliphatic carbocycles. The van der Waals surface area contributed by atoms with Gasteiger partial charge >= 0.3 is 5.97 Å². The predicted molar refractivity (Wildman–Crippen MR) is 87.3 cm³/mol. The van der Waals surface area contributed by atoms with Gasteiger partial charge in [0.25, 0.3) is 11.8 Å². The van der Waals surface area contributed by atoms with Gasteiger partial charge in [-0.3, -0.25) is 14.4 Å². The van der Waals surface area contributed by atoms with Crippen molar-refractivity contribution in [2.24, 2.45) is 0 Å². The summed E-state index contributed by atoms with van der Waals surface area (Å²) in [6, 6.07) is 6.45. The summed E-state index contributed by atoms with van der Waals surface area (Å²) in [6.45, 7) is 3.63. The summed E-state index contributed by atoms with van der Waals surface area (Å²) < 4.78 is 4.83. The number of amides is 2. The second-order valence-corrected chi connectivity index (χ2v) is 5.49. The zero-order valence-corrected chi connectivity index (χ0v) is 14.0. The van der Waals surface area contributed by atoms with Crippen molar-refractivity contribution in [1.29, 1.82) is 0 Å². The SMILES string of the molecule is CC[C@@H](C)NC(=O)COC(=O)CCNC(=O)c1ccc(Cl)cc1. The lowest BCUT2D eigenvalue weighted by Crippen LogP contribution is -2.35. The van der Waals surface area contributed by atoms with Crippen LogP contribution in [0.2, 0.25) is 5.02 Å². The van der Waals surface area contributed by atoms with E-state index >= 15 is 0 Å². The lowest BCUT2D eigenvalue weighted by molar-refractivity contribution is -0.148. The normalized spacial score (nSPS) is 11.4. The maximum absolute atomic E-state index is 11.8. The molecule has 1 aromatic rings. The summed E-state index contributed by atoms with van der Waals surface area (Å²) in [6.07, 6.45) is 0.798. The smallest absolute Gasteiger partial charge is 0.308 e. The van der Waals surface area contributed by atoms with Gasteiger partial charge in [-0.15, -0.1) is 0 Å². The molecule has 23 heavy (non-hydrogen) atoms. The summed E-state index contributed by atoms with van der Waals surface area (Å²) in [5.74, 6) is -1.18. The minimum atomic E-state index is -0.541. The van der Waals surface area contributed by atoms with Crippen LogP contribution in [0.3, 0.4) is 0 Å². The number of ether oxygens (including phenoxy) is 1. The molecule has 7 heteroatoms. The highest BCUT2D eigenvalue weighted by atomic mass is 35.5. The van der Waals surface area contributed by atoms with E-state index in [1.165, 1.54) is 0 Å². The molecule has 0 bridgehead atoms. The minimum Gasteiger partial charge on any atom is -0.456 e. The van der Waals surface area contributed by atoms with E-state index in [2.05, 4.69) is 10.6 Å². The summed E-state index contributed by atoms with van der Waals surface area (Å²) >= 11 is 5.74. The van der Waals surface area contributed by atoms with Crippen LogP contribution in [0.4, 0.5) is 0 Å². The van der Waals surface area contributed by atoms with E-state index in [0.29, 0.717) is 10.6 Å². The van der Waals surface area contributed by atoms with E-state index < -0.39 is 5.97 Å². The van der Waals surface area contributed by atoms with E-state index in [-0.39, 0.29) is 37.4 Å². The van der Waals surface area contributed by atoms with Crippen molar-refractivity contribution < 1.29 is 19.1 Å². The molecule has 0 unspecified atom stereocenters. The highest BCUT2D eigenvalue weighted by Crippen LogP contribution is 2.09. The first-order valence-corrected chi connectivity index (χ1v) is 7.79. The molecule has 0 saturated heterocycles. The predicted octanol–water partition coefficient (Wildman–Crippen LogP) is 1.92. The molecule has 1 aromatic carbocycles. The molecule has 0 heterocycles. The number of carbonyl (C=O) groups is 3. The van der Waals surface area contributed by atoms with E-state index in [4.69, 9.17) is 16.3 Å². The van der Waals surface area contributed by atoms with Gasteiger partial charge in [0.05, 0.1) is 6.42 Å². The van der Waals surface area contributed by atoms with Gasteiger partial charge in [0.15, 0.2) is 6.61 Å². The van der Waals surface area contributed by atoms with Crippen LogP contribution >= 0.6 is 11.6 Å². The van der Waals surface area contributed by atoms with Gasteiger partial charge in [-0.1, -0.05) is 18.5 Å². The van der Waals surface area contributed by atoms with Crippen LogP contribution in [-0.4, -0.2) is 37.0 Å². The van der Waals surface area contributed by atoms with E-state index in [0.717, 1.165) is 6.42 Å². The standard InChI is InChI=1S/C16H21ClN2O4/c1-3-11(2)19-14(20)10-23-15(21)8-9-18-16(22)12-4-6-13(17)7-5-12/h4-7,11H,3,8-10H2,1-2H3,(H,18,22)(H,19,20)/t11-/m1/s1. The molecule has 6 nitrogen and oxygen atoms in total. The molecule has 1 rings (SSSR count). The van der Waals surface area contributed by atoms with Gasteiger partial charge in [0.1, 0.15) is 0 Å². The number of halogens is 1. The molecule has 2 amide bonds. The molecule has 0 radical (unpaired) electrons. The Morgan fingerprint density at radius 1 is 1.22 bits per heavy atom. The van der Waals surface area contributed by atoms with E-state index in [9.17, 15) is 14.4 Å². The van der Waals surface area contributed by atoms with Gasteiger partial charge in [0.2, 0.25) is 0 Å². The van der Waals surface area contributed by atoms with Crippen LogP contribution in [0.5, 0.6) is 0 Å². The maximum Gasteiger partial charge on any atom is 0.308 e. The van der Waals surface area contributed by atoms with Gasteiger partial charge < -0.3 is 15.4 Å². The zero-order chi connectivity index (χ0) is 17.2. The lowest BCUT2D eigenvalue weighted by Gasteiger charge is -2.11. The quantitative estimate of drug-likeness (QED) is 0.708. The number of rotatable bonds is 8. The Morgan fingerprint density at radius 3 is 2.48 bits per heavy atom. The number of esters is 1. The summed E-state index contributed by atoms with van der Waals surface area (Å²) in [5.41, 5.74) is 0.454. The van der Waals surface area contributed by atoms with Gasteiger partial charge in [0, 0.05) is 23.2 Å². The third-order valence-electron chi connectivity index (χ3n) is 3.11. The number of carbonyl (C=O) groups excluding carboxylic acids is 3. The largest absolute Gasteiger partial charge is 0.456 e. The molecule has 0 aliphatic rings. The van der Waals surface area contributed by atoms with Gasteiger partial charge in [-0.05, 0) is 37.6 Å². The Balaban J connectivity index is 2.22. The molecule has 1 atom stereocenters. The molecule has 0 fully saturated rings. The van der Waals surface area contributed by atoms with Gasteiger partial charge in [-0.25, -0.2) is 0 Å². The third kappa shape index (κ3) is 7.65. The maximum atomic E-state index is 11.8. The van der Waals surface area contributed by atoms with Crippen LogP contribution in [0, 0.1) is 0 Å². The topological polar surface area (TPSA) is 84.5 Å². The van der Waals surface area contributed by atoms with Crippen molar-refractivity contribution in [3.63, 3.8) is 0 Å². The molecular formula is C16H21ClN2O4. The molecule has 126 valence electrons. The van der Waals surface area contributed by atoms with Crippen molar-refractivity contribution in [3.05, 3.63) is 34.9 Å². The summed E-state index contributed by atoms with van der Waals surface area (Å²) in [5, 5.41) is 5.83. The molecule has 2 N–H and O–H groups in total. The van der Waals surface area contributed by atoms with Crippen molar-refractivity contribution >= 4 is 29.4 Å². The van der Waals surface area contributed by atoms with Crippen molar-refractivity contribution in [1.82, 2.24) is 10.6 Å². The first-order chi connectivity index (χ1) is 10.9. The van der Waals surface area contributed by atoms with E-state index in [1.54, 1.807) is 24.3 Å².